The molecule has 4 heteroatoms. The number of nitrogens with zero attached hydrogens (tertiary/aromatic N) is 2. The number of benzene rings is 3. The van der Waals surface area contributed by atoms with Crippen LogP contribution in [0.5, 0.6) is 0 Å². The van der Waals surface area contributed by atoms with E-state index in [-0.39, 0.29) is 11.7 Å². The van der Waals surface area contributed by atoms with Crippen LogP contribution in [0.3, 0.4) is 0 Å². The molecule has 4 nitrogen and oxygen atoms in total. The van der Waals surface area contributed by atoms with E-state index in [1.54, 1.807) is 0 Å². The van der Waals surface area contributed by atoms with Gasteiger partial charge >= 0.3 is 0 Å². The predicted octanol–water partition coefficient (Wildman–Crippen LogP) is 6.92. The van der Waals surface area contributed by atoms with Crippen molar-refractivity contribution in [1.29, 1.82) is 0 Å². The van der Waals surface area contributed by atoms with E-state index in [1.165, 1.54) is 5.69 Å². The highest BCUT2D eigenvalue weighted by Crippen LogP contribution is 2.41. The molecule has 1 heterocycles. The first-order valence-corrected chi connectivity index (χ1v) is 14.5. The van der Waals surface area contributed by atoms with E-state index in [9.17, 15) is 9.90 Å². The molecule has 0 amide bonds. The standard InChI is InChI=1S/C34H44N2O2/c1-3-23-36(24-4-2)32-19-17-28(18-20-32)33(37)16-11-25-35-26-21-31(22-27-35)34(38,29-12-7-5-8-13-29)30-14-9-6-10-15-30/h5-10,12-15,17-20,31,38H,3-4,11,16,21-27H2,1-2H3. The average molecular weight is 513 g/mol. The fourth-order valence-corrected chi connectivity index (χ4v) is 5.97. The van der Waals surface area contributed by atoms with Gasteiger partial charge in [-0.05, 0) is 93.0 Å². The van der Waals surface area contributed by atoms with Gasteiger partial charge < -0.3 is 14.9 Å². The molecule has 0 spiro atoms. The highest BCUT2D eigenvalue weighted by Gasteiger charge is 2.41. The molecular weight excluding hydrogens is 468 g/mol. The number of carbonyl (C=O) groups is 1. The number of rotatable bonds is 13. The summed E-state index contributed by atoms with van der Waals surface area (Å²) in [6.45, 7) is 9.32. The fraction of sp³-hybridized carbons (Fsp3) is 0.441. The molecule has 0 bridgehead atoms. The van der Waals surface area contributed by atoms with Gasteiger partial charge in [-0.2, -0.15) is 0 Å². The molecule has 1 fully saturated rings. The van der Waals surface area contributed by atoms with E-state index >= 15 is 0 Å². The summed E-state index contributed by atoms with van der Waals surface area (Å²) in [4.78, 5) is 17.7. The van der Waals surface area contributed by atoms with Crippen molar-refractivity contribution in [1.82, 2.24) is 4.90 Å². The van der Waals surface area contributed by atoms with Gasteiger partial charge in [0, 0.05) is 30.8 Å². The minimum atomic E-state index is -0.986. The van der Waals surface area contributed by atoms with Gasteiger partial charge in [0.2, 0.25) is 0 Å². The summed E-state index contributed by atoms with van der Waals surface area (Å²) in [5.41, 5.74) is 2.97. The zero-order valence-corrected chi connectivity index (χ0v) is 23.2. The van der Waals surface area contributed by atoms with Gasteiger partial charge in [0.05, 0.1) is 0 Å². The summed E-state index contributed by atoms with van der Waals surface area (Å²) in [5.74, 6) is 0.384. The van der Waals surface area contributed by atoms with Crippen LogP contribution < -0.4 is 4.90 Å². The summed E-state index contributed by atoms with van der Waals surface area (Å²) < 4.78 is 0. The summed E-state index contributed by atoms with van der Waals surface area (Å²) in [6, 6.07) is 28.4. The molecule has 1 N–H and O–H groups in total. The largest absolute Gasteiger partial charge is 0.380 e. The van der Waals surface area contributed by atoms with Crippen LogP contribution in [0.4, 0.5) is 5.69 Å². The van der Waals surface area contributed by atoms with Crippen molar-refractivity contribution in [2.24, 2.45) is 5.92 Å². The first-order valence-electron chi connectivity index (χ1n) is 14.5. The van der Waals surface area contributed by atoms with Crippen molar-refractivity contribution < 1.29 is 9.90 Å². The molecule has 3 aromatic carbocycles. The van der Waals surface area contributed by atoms with Gasteiger partial charge in [0.25, 0.3) is 0 Å². The Balaban J connectivity index is 1.29. The lowest BCUT2D eigenvalue weighted by molar-refractivity contribution is -0.0142. The second-order valence-electron chi connectivity index (χ2n) is 10.7. The van der Waals surface area contributed by atoms with Gasteiger partial charge in [-0.1, -0.05) is 74.5 Å². The summed E-state index contributed by atoms with van der Waals surface area (Å²) >= 11 is 0. The first-order chi connectivity index (χ1) is 18.6. The third kappa shape index (κ3) is 6.73. The number of hydrogen-bond acceptors (Lipinski definition) is 4. The molecule has 0 atom stereocenters. The van der Waals surface area contributed by atoms with Crippen molar-refractivity contribution in [2.75, 3.05) is 37.6 Å². The second-order valence-corrected chi connectivity index (χ2v) is 10.7. The molecule has 4 rings (SSSR count). The van der Waals surface area contributed by atoms with E-state index in [0.717, 1.165) is 81.5 Å². The SMILES string of the molecule is CCCN(CCC)c1ccc(C(=O)CCCN2CCC(C(O)(c3ccccc3)c3ccccc3)CC2)cc1. The minimum Gasteiger partial charge on any atom is -0.380 e. The molecule has 0 radical (unpaired) electrons. The number of anilines is 1. The van der Waals surface area contributed by atoms with Crippen molar-refractivity contribution >= 4 is 11.5 Å². The Kier molecular flexibility index (Phi) is 10.1. The van der Waals surface area contributed by atoms with Crippen molar-refractivity contribution in [3.05, 3.63) is 102 Å². The van der Waals surface area contributed by atoms with Gasteiger partial charge in [-0.15, -0.1) is 0 Å². The Hall–Kier alpha value is -2.95. The average Bonchev–Trinajstić information content (AvgIpc) is 2.98. The number of aliphatic hydroxyl groups is 1. The van der Waals surface area contributed by atoms with E-state index < -0.39 is 5.60 Å². The van der Waals surface area contributed by atoms with Crippen LogP contribution in [0, 0.1) is 5.92 Å². The van der Waals surface area contributed by atoms with Crippen LogP contribution in [-0.4, -0.2) is 48.5 Å². The third-order valence-electron chi connectivity index (χ3n) is 8.03. The van der Waals surface area contributed by atoms with Gasteiger partial charge in [-0.25, -0.2) is 0 Å². The maximum Gasteiger partial charge on any atom is 0.162 e. The molecule has 0 aliphatic carbocycles. The maximum atomic E-state index is 12.9. The summed E-state index contributed by atoms with van der Waals surface area (Å²) in [7, 11) is 0. The van der Waals surface area contributed by atoms with E-state index in [4.69, 9.17) is 0 Å². The Bertz CT molecular complexity index is 1060. The number of likely N-dealkylation sites (tertiary alicyclic amines) is 1. The molecule has 38 heavy (non-hydrogen) atoms. The molecule has 0 aromatic heterocycles. The summed E-state index contributed by atoms with van der Waals surface area (Å²) in [5, 5.41) is 12.1. The monoisotopic (exact) mass is 512 g/mol. The highest BCUT2D eigenvalue weighted by atomic mass is 16.3. The van der Waals surface area contributed by atoms with Crippen molar-refractivity contribution in [2.45, 2.75) is 58.0 Å². The fourth-order valence-electron chi connectivity index (χ4n) is 5.97. The van der Waals surface area contributed by atoms with Crippen LogP contribution in [0.2, 0.25) is 0 Å². The number of Topliss-reactive ketones (excluding diaryl/α,β-unsaturated/α-hetero) is 1. The van der Waals surface area contributed by atoms with Gasteiger partial charge in [0.15, 0.2) is 5.78 Å². The zero-order valence-electron chi connectivity index (χ0n) is 23.2. The lowest BCUT2D eigenvalue weighted by Crippen LogP contribution is -2.44. The van der Waals surface area contributed by atoms with Crippen LogP contribution in [-0.2, 0) is 5.60 Å². The molecule has 1 saturated heterocycles. The molecule has 202 valence electrons. The molecular formula is C34H44N2O2. The Morgan fingerprint density at radius 3 is 1.87 bits per heavy atom. The van der Waals surface area contributed by atoms with Gasteiger partial charge in [-0.3, -0.25) is 4.79 Å². The lowest BCUT2D eigenvalue weighted by Gasteiger charge is -2.42. The van der Waals surface area contributed by atoms with Crippen molar-refractivity contribution in [3.63, 3.8) is 0 Å². The normalized spacial score (nSPS) is 14.9. The first kappa shape index (κ1) is 28.1. The Morgan fingerprint density at radius 1 is 0.842 bits per heavy atom. The second kappa shape index (κ2) is 13.7. The zero-order chi connectivity index (χ0) is 26.8. The van der Waals surface area contributed by atoms with Crippen molar-refractivity contribution in [3.8, 4) is 0 Å². The quantitative estimate of drug-likeness (QED) is 0.252. The molecule has 1 aliphatic rings. The van der Waals surface area contributed by atoms with Crippen LogP contribution in [0.15, 0.2) is 84.9 Å². The number of carbonyl (C=O) groups excluding carboxylic acids is 1. The Morgan fingerprint density at radius 2 is 1.37 bits per heavy atom. The third-order valence-corrected chi connectivity index (χ3v) is 8.03. The summed E-state index contributed by atoms with van der Waals surface area (Å²) in [6.07, 6.45) is 5.55. The van der Waals surface area contributed by atoms with Crippen LogP contribution >= 0.6 is 0 Å². The Labute approximate surface area is 229 Å². The van der Waals surface area contributed by atoms with Crippen LogP contribution in [0.1, 0.15) is 73.9 Å². The van der Waals surface area contributed by atoms with Gasteiger partial charge in [0.1, 0.15) is 5.60 Å². The molecule has 3 aromatic rings. The number of ketones is 1. The number of hydrogen-bond donors (Lipinski definition) is 1. The topological polar surface area (TPSA) is 43.8 Å². The number of piperidine rings is 1. The smallest absolute Gasteiger partial charge is 0.162 e. The van der Waals surface area contributed by atoms with E-state index in [2.05, 4.69) is 35.8 Å². The molecule has 0 saturated carbocycles. The van der Waals surface area contributed by atoms with Crippen LogP contribution in [0.25, 0.3) is 0 Å². The predicted molar refractivity (Wildman–Crippen MR) is 158 cm³/mol. The van der Waals surface area contributed by atoms with E-state index in [0.29, 0.717) is 6.42 Å². The lowest BCUT2D eigenvalue weighted by atomic mass is 9.72. The molecule has 0 unspecified atom stereocenters. The van der Waals surface area contributed by atoms with E-state index in [1.807, 2.05) is 72.8 Å². The maximum absolute atomic E-state index is 12.9. The highest BCUT2D eigenvalue weighted by molar-refractivity contribution is 5.96. The molecule has 1 aliphatic heterocycles. The minimum absolute atomic E-state index is 0.156.